The third kappa shape index (κ3) is 5.48. The standard InChI is InChI=1S/C27H36N4O4S/c1-4-29-16-18-30(19-17-29)27(33)25-11-6-5-10-24(25)26(32)28-22-12-14-23(15-13-22)36(34,35)31-20(2)8-7-9-21(31)3/h5-6,10-15,20-21H,4,7-9,16-19H2,1-3H3,(H,28,32). The summed E-state index contributed by atoms with van der Waals surface area (Å²) in [6, 6.07) is 13.0. The van der Waals surface area contributed by atoms with Crippen molar-refractivity contribution in [1.82, 2.24) is 14.1 Å². The predicted octanol–water partition coefficient (Wildman–Crippen LogP) is 3.67. The minimum absolute atomic E-state index is 0.0443. The lowest BCUT2D eigenvalue weighted by molar-refractivity contribution is 0.0640. The maximum Gasteiger partial charge on any atom is 0.256 e. The van der Waals surface area contributed by atoms with Crippen molar-refractivity contribution in [2.75, 3.05) is 38.0 Å². The first-order valence-electron chi connectivity index (χ1n) is 12.8. The number of hydrogen-bond donors (Lipinski definition) is 1. The monoisotopic (exact) mass is 512 g/mol. The van der Waals surface area contributed by atoms with Crippen LogP contribution in [0.5, 0.6) is 0 Å². The molecule has 2 unspecified atom stereocenters. The minimum atomic E-state index is -3.63. The molecule has 2 heterocycles. The van der Waals surface area contributed by atoms with Crippen LogP contribution >= 0.6 is 0 Å². The molecule has 2 aromatic rings. The van der Waals surface area contributed by atoms with Gasteiger partial charge in [0.05, 0.1) is 16.0 Å². The van der Waals surface area contributed by atoms with E-state index in [1.54, 1.807) is 45.6 Å². The molecule has 0 spiro atoms. The number of amides is 2. The van der Waals surface area contributed by atoms with Crippen molar-refractivity contribution >= 4 is 27.5 Å². The van der Waals surface area contributed by atoms with Crippen molar-refractivity contribution in [1.29, 1.82) is 0 Å². The second kappa shape index (κ2) is 11.1. The zero-order valence-electron chi connectivity index (χ0n) is 21.3. The fourth-order valence-electron chi connectivity index (χ4n) is 5.21. The summed E-state index contributed by atoms with van der Waals surface area (Å²) in [5.41, 5.74) is 1.14. The van der Waals surface area contributed by atoms with E-state index >= 15 is 0 Å². The zero-order valence-corrected chi connectivity index (χ0v) is 22.1. The van der Waals surface area contributed by atoms with Gasteiger partial charge in [-0.1, -0.05) is 25.5 Å². The zero-order chi connectivity index (χ0) is 25.9. The van der Waals surface area contributed by atoms with Crippen molar-refractivity contribution in [2.45, 2.75) is 57.0 Å². The predicted molar refractivity (Wildman–Crippen MR) is 141 cm³/mol. The molecule has 1 N–H and O–H groups in total. The Hall–Kier alpha value is -2.75. The van der Waals surface area contributed by atoms with Crippen molar-refractivity contribution in [2.24, 2.45) is 0 Å². The van der Waals surface area contributed by atoms with Crippen molar-refractivity contribution in [3.8, 4) is 0 Å². The van der Waals surface area contributed by atoms with Gasteiger partial charge < -0.3 is 15.1 Å². The van der Waals surface area contributed by atoms with Crippen LogP contribution in [0.15, 0.2) is 53.4 Å². The molecule has 2 aliphatic rings. The number of rotatable bonds is 6. The molecular weight excluding hydrogens is 476 g/mol. The van der Waals surface area contributed by atoms with Crippen LogP contribution in [0.1, 0.15) is 60.7 Å². The summed E-state index contributed by atoms with van der Waals surface area (Å²) < 4.78 is 28.1. The van der Waals surface area contributed by atoms with Crippen molar-refractivity contribution in [3.63, 3.8) is 0 Å². The molecule has 2 aliphatic heterocycles. The fourth-order valence-corrected chi connectivity index (χ4v) is 7.09. The molecule has 0 aromatic heterocycles. The smallest absolute Gasteiger partial charge is 0.256 e. The number of nitrogens with one attached hydrogen (secondary N) is 1. The molecule has 2 fully saturated rings. The normalized spacial score (nSPS) is 21.8. The SMILES string of the molecule is CCN1CCN(C(=O)c2ccccc2C(=O)Nc2ccc(S(=O)(=O)N3C(C)CCCC3C)cc2)CC1. The maximum absolute atomic E-state index is 13.3. The van der Waals surface area contributed by atoms with Gasteiger partial charge in [-0.25, -0.2) is 8.42 Å². The van der Waals surface area contributed by atoms with E-state index < -0.39 is 15.9 Å². The van der Waals surface area contributed by atoms with E-state index in [2.05, 4.69) is 17.1 Å². The highest BCUT2D eigenvalue weighted by Crippen LogP contribution is 2.30. The highest BCUT2D eigenvalue weighted by atomic mass is 32.2. The number of nitrogens with zero attached hydrogens (tertiary/aromatic N) is 3. The van der Waals surface area contributed by atoms with E-state index in [1.165, 1.54) is 12.1 Å². The number of sulfonamides is 1. The average molecular weight is 513 g/mol. The molecule has 36 heavy (non-hydrogen) atoms. The van der Waals surface area contributed by atoms with Crippen LogP contribution in [-0.4, -0.2) is 79.1 Å². The third-order valence-electron chi connectivity index (χ3n) is 7.31. The molecule has 194 valence electrons. The second-order valence-electron chi connectivity index (χ2n) is 9.71. The summed E-state index contributed by atoms with van der Waals surface area (Å²) in [6.45, 7) is 9.86. The summed E-state index contributed by atoms with van der Waals surface area (Å²) in [5.74, 6) is -0.553. The first-order chi connectivity index (χ1) is 17.2. The largest absolute Gasteiger partial charge is 0.336 e. The number of likely N-dealkylation sites (N-methyl/N-ethyl adjacent to an activating group) is 1. The van der Waals surface area contributed by atoms with Crippen LogP contribution in [0.4, 0.5) is 5.69 Å². The number of hydrogen-bond acceptors (Lipinski definition) is 5. The van der Waals surface area contributed by atoms with Crippen molar-refractivity contribution < 1.29 is 18.0 Å². The van der Waals surface area contributed by atoms with Crippen LogP contribution in [0.25, 0.3) is 0 Å². The molecular formula is C27H36N4O4S. The Morgan fingerprint density at radius 3 is 2.06 bits per heavy atom. The molecule has 2 saturated heterocycles. The third-order valence-corrected chi connectivity index (χ3v) is 9.45. The lowest BCUT2D eigenvalue weighted by Gasteiger charge is -2.37. The number of carbonyl (C=O) groups is 2. The van der Waals surface area contributed by atoms with Crippen molar-refractivity contribution in [3.05, 3.63) is 59.7 Å². The van der Waals surface area contributed by atoms with Gasteiger partial charge in [-0.15, -0.1) is 0 Å². The Morgan fingerprint density at radius 2 is 1.47 bits per heavy atom. The first-order valence-corrected chi connectivity index (χ1v) is 14.2. The second-order valence-corrected chi connectivity index (χ2v) is 11.6. The highest BCUT2D eigenvalue weighted by Gasteiger charge is 2.35. The average Bonchev–Trinajstić information content (AvgIpc) is 2.88. The summed E-state index contributed by atoms with van der Waals surface area (Å²) in [6.07, 6.45) is 2.73. The molecule has 9 heteroatoms. The van der Waals surface area contributed by atoms with E-state index in [1.807, 2.05) is 13.8 Å². The molecule has 0 saturated carbocycles. The van der Waals surface area contributed by atoms with Gasteiger partial charge in [-0.2, -0.15) is 4.31 Å². The lowest BCUT2D eigenvalue weighted by Crippen LogP contribution is -2.48. The van der Waals surface area contributed by atoms with Crippen LogP contribution in [0.2, 0.25) is 0 Å². The number of anilines is 1. The fraction of sp³-hybridized carbons (Fsp3) is 0.481. The quantitative estimate of drug-likeness (QED) is 0.638. The van der Waals surface area contributed by atoms with E-state index in [9.17, 15) is 18.0 Å². The molecule has 2 amide bonds. The van der Waals surface area contributed by atoms with E-state index in [4.69, 9.17) is 0 Å². The van der Waals surface area contributed by atoms with Gasteiger partial charge in [0.25, 0.3) is 11.8 Å². The van der Waals surface area contributed by atoms with Gasteiger partial charge >= 0.3 is 0 Å². The Labute approximate surface area is 214 Å². The first kappa shape index (κ1) is 26.3. The molecule has 8 nitrogen and oxygen atoms in total. The van der Waals surface area contributed by atoms with Crippen LogP contribution in [-0.2, 0) is 10.0 Å². The minimum Gasteiger partial charge on any atom is -0.336 e. The summed E-state index contributed by atoms with van der Waals surface area (Å²) in [4.78, 5) is 30.6. The van der Waals surface area contributed by atoms with Crippen LogP contribution in [0.3, 0.4) is 0 Å². The molecule has 2 aromatic carbocycles. The number of piperazine rings is 1. The number of benzene rings is 2. The summed E-state index contributed by atoms with van der Waals surface area (Å²) >= 11 is 0. The number of carbonyl (C=O) groups excluding carboxylic acids is 2. The van der Waals surface area contributed by atoms with Crippen LogP contribution < -0.4 is 5.32 Å². The Balaban J connectivity index is 1.48. The summed E-state index contributed by atoms with van der Waals surface area (Å²) in [5, 5.41) is 2.82. The van der Waals surface area contributed by atoms with Gasteiger partial charge in [0.1, 0.15) is 0 Å². The molecule has 4 rings (SSSR count). The highest BCUT2D eigenvalue weighted by molar-refractivity contribution is 7.89. The van der Waals surface area contributed by atoms with Gasteiger partial charge in [0, 0.05) is 44.0 Å². The van der Waals surface area contributed by atoms with Gasteiger partial charge in [0.15, 0.2) is 0 Å². The number of piperidine rings is 1. The summed E-state index contributed by atoms with van der Waals surface area (Å²) in [7, 11) is -3.63. The van der Waals surface area contributed by atoms with E-state index in [0.717, 1.165) is 38.9 Å². The topological polar surface area (TPSA) is 90.0 Å². The molecule has 0 radical (unpaired) electrons. The molecule has 2 atom stereocenters. The Morgan fingerprint density at radius 1 is 0.889 bits per heavy atom. The Bertz CT molecular complexity index is 1180. The van der Waals surface area contributed by atoms with E-state index in [0.29, 0.717) is 29.9 Å². The molecule has 0 aliphatic carbocycles. The van der Waals surface area contributed by atoms with Gasteiger partial charge in [-0.3, -0.25) is 9.59 Å². The molecule has 0 bridgehead atoms. The van der Waals surface area contributed by atoms with Gasteiger partial charge in [0.2, 0.25) is 10.0 Å². The van der Waals surface area contributed by atoms with Crippen LogP contribution in [0, 0.1) is 0 Å². The van der Waals surface area contributed by atoms with E-state index in [-0.39, 0.29) is 22.9 Å². The lowest BCUT2D eigenvalue weighted by atomic mass is 10.0. The Kier molecular flexibility index (Phi) is 8.12. The van der Waals surface area contributed by atoms with Gasteiger partial charge in [-0.05, 0) is 69.6 Å². The maximum atomic E-state index is 13.3.